The smallest absolute Gasteiger partial charge is 0.343 e. The van der Waals surface area contributed by atoms with Gasteiger partial charge in [0.15, 0.2) is 0 Å². The molecule has 1 amide bonds. The van der Waals surface area contributed by atoms with Crippen LogP contribution < -0.4 is 5.32 Å². The molecule has 1 aromatic carbocycles. The average molecular weight is 372 g/mol. The number of alkyl halides is 3. The maximum absolute atomic E-state index is 12.9. The SMILES string of the molecule is CC(NC(=O)c1cnccn1)c1cccc(-c2cccc(C(F)(F)F)c2)n1. The summed E-state index contributed by atoms with van der Waals surface area (Å²) in [7, 11) is 0. The summed E-state index contributed by atoms with van der Waals surface area (Å²) in [5.74, 6) is -0.415. The van der Waals surface area contributed by atoms with E-state index in [4.69, 9.17) is 0 Å². The van der Waals surface area contributed by atoms with Gasteiger partial charge in [0.1, 0.15) is 5.69 Å². The Bertz CT molecular complexity index is 945. The first-order chi connectivity index (χ1) is 12.8. The van der Waals surface area contributed by atoms with Crippen LogP contribution >= 0.6 is 0 Å². The van der Waals surface area contributed by atoms with E-state index in [2.05, 4.69) is 20.3 Å². The minimum absolute atomic E-state index is 0.165. The van der Waals surface area contributed by atoms with Crippen molar-refractivity contribution in [2.24, 2.45) is 0 Å². The predicted octanol–water partition coefficient (Wildman–Crippen LogP) is 4.05. The molecule has 0 aliphatic heterocycles. The quantitative estimate of drug-likeness (QED) is 0.750. The van der Waals surface area contributed by atoms with Crippen LogP contribution in [0.3, 0.4) is 0 Å². The Kier molecular flexibility index (Phi) is 5.16. The van der Waals surface area contributed by atoms with Gasteiger partial charge >= 0.3 is 6.18 Å². The third kappa shape index (κ3) is 4.46. The van der Waals surface area contributed by atoms with Crippen LogP contribution in [0.5, 0.6) is 0 Å². The first kappa shape index (κ1) is 18.5. The molecule has 0 radical (unpaired) electrons. The van der Waals surface area contributed by atoms with Gasteiger partial charge in [-0.2, -0.15) is 13.2 Å². The van der Waals surface area contributed by atoms with E-state index in [1.54, 1.807) is 31.2 Å². The van der Waals surface area contributed by atoms with Crippen molar-refractivity contribution in [2.45, 2.75) is 19.1 Å². The zero-order chi connectivity index (χ0) is 19.4. The molecule has 5 nitrogen and oxygen atoms in total. The summed E-state index contributed by atoms with van der Waals surface area (Å²) >= 11 is 0. The number of amides is 1. The first-order valence-corrected chi connectivity index (χ1v) is 8.06. The van der Waals surface area contributed by atoms with E-state index in [0.717, 1.165) is 12.1 Å². The van der Waals surface area contributed by atoms with Crippen molar-refractivity contribution < 1.29 is 18.0 Å². The van der Waals surface area contributed by atoms with Crippen LogP contribution in [0.2, 0.25) is 0 Å². The van der Waals surface area contributed by atoms with Crippen molar-refractivity contribution in [2.75, 3.05) is 0 Å². The summed E-state index contributed by atoms with van der Waals surface area (Å²) in [6, 6.07) is 9.49. The Morgan fingerprint density at radius 3 is 2.59 bits per heavy atom. The molecular formula is C19H15F3N4O. The van der Waals surface area contributed by atoms with Gasteiger partial charge in [-0.1, -0.05) is 18.2 Å². The Morgan fingerprint density at radius 1 is 1.11 bits per heavy atom. The molecule has 0 fully saturated rings. The number of nitrogens with zero attached hydrogens (tertiary/aromatic N) is 3. The third-order valence-corrected chi connectivity index (χ3v) is 3.84. The minimum Gasteiger partial charge on any atom is -0.343 e. The standard InChI is InChI=1S/C19H15F3N4O/c1-12(25-18(27)17-11-23-8-9-24-17)15-6-3-7-16(26-15)13-4-2-5-14(10-13)19(20,21)22/h2-12H,1H3,(H,25,27). The zero-order valence-corrected chi connectivity index (χ0v) is 14.2. The van der Waals surface area contributed by atoms with Crippen LogP contribution in [0.1, 0.15) is 34.7 Å². The summed E-state index contributed by atoms with van der Waals surface area (Å²) in [6.07, 6.45) is -0.216. The fraction of sp³-hybridized carbons (Fsp3) is 0.158. The minimum atomic E-state index is -4.42. The van der Waals surface area contributed by atoms with Crippen LogP contribution in [0, 0.1) is 0 Å². The summed E-state index contributed by atoms with van der Waals surface area (Å²) in [5.41, 5.74) is 0.676. The van der Waals surface area contributed by atoms with Crippen LogP contribution in [-0.4, -0.2) is 20.9 Å². The number of rotatable bonds is 4. The summed E-state index contributed by atoms with van der Waals surface area (Å²) in [5, 5.41) is 2.74. The Balaban J connectivity index is 1.82. The van der Waals surface area contributed by atoms with E-state index in [0.29, 0.717) is 17.0 Å². The third-order valence-electron chi connectivity index (χ3n) is 3.84. The molecule has 138 valence electrons. The molecule has 2 heterocycles. The number of aromatic nitrogens is 3. The molecular weight excluding hydrogens is 357 g/mol. The lowest BCUT2D eigenvalue weighted by molar-refractivity contribution is -0.137. The molecule has 0 aliphatic rings. The van der Waals surface area contributed by atoms with Crippen molar-refractivity contribution in [1.82, 2.24) is 20.3 Å². The van der Waals surface area contributed by atoms with E-state index in [-0.39, 0.29) is 5.69 Å². The van der Waals surface area contributed by atoms with Gasteiger partial charge in [0.25, 0.3) is 5.91 Å². The van der Waals surface area contributed by atoms with E-state index in [1.165, 1.54) is 24.7 Å². The molecule has 0 aliphatic carbocycles. The van der Waals surface area contributed by atoms with Gasteiger partial charge in [-0.25, -0.2) is 4.98 Å². The molecule has 8 heteroatoms. The van der Waals surface area contributed by atoms with Crippen LogP contribution in [0.15, 0.2) is 61.1 Å². The highest BCUT2D eigenvalue weighted by Crippen LogP contribution is 2.31. The van der Waals surface area contributed by atoms with Crippen LogP contribution in [-0.2, 0) is 6.18 Å². The maximum atomic E-state index is 12.9. The van der Waals surface area contributed by atoms with Gasteiger partial charge in [0.2, 0.25) is 0 Å². The number of hydrogen-bond acceptors (Lipinski definition) is 4. The van der Waals surface area contributed by atoms with Crippen molar-refractivity contribution >= 4 is 5.91 Å². The number of hydrogen-bond donors (Lipinski definition) is 1. The highest BCUT2D eigenvalue weighted by atomic mass is 19.4. The maximum Gasteiger partial charge on any atom is 0.416 e. The molecule has 27 heavy (non-hydrogen) atoms. The largest absolute Gasteiger partial charge is 0.416 e. The Morgan fingerprint density at radius 2 is 1.89 bits per heavy atom. The van der Waals surface area contributed by atoms with Crippen molar-refractivity contribution in [3.8, 4) is 11.3 Å². The van der Waals surface area contributed by atoms with Crippen LogP contribution in [0.4, 0.5) is 13.2 Å². The molecule has 1 N–H and O–H groups in total. The molecule has 0 bridgehead atoms. The topological polar surface area (TPSA) is 67.8 Å². The van der Waals surface area contributed by atoms with E-state index in [1.807, 2.05) is 0 Å². The van der Waals surface area contributed by atoms with E-state index in [9.17, 15) is 18.0 Å². The van der Waals surface area contributed by atoms with Crippen LogP contribution in [0.25, 0.3) is 11.3 Å². The molecule has 0 saturated heterocycles. The van der Waals surface area contributed by atoms with Crippen molar-refractivity contribution in [3.63, 3.8) is 0 Å². The van der Waals surface area contributed by atoms with Gasteiger partial charge in [0.05, 0.1) is 29.2 Å². The number of nitrogens with one attached hydrogen (secondary N) is 1. The summed E-state index contributed by atoms with van der Waals surface area (Å²) in [6.45, 7) is 1.73. The Hall–Kier alpha value is -3.29. The highest BCUT2D eigenvalue weighted by molar-refractivity contribution is 5.92. The second kappa shape index (κ2) is 7.53. The number of carbonyl (C=O) groups excluding carboxylic acids is 1. The molecule has 0 spiro atoms. The molecule has 3 aromatic rings. The normalized spacial score (nSPS) is 12.4. The number of carbonyl (C=O) groups is 1. The lowest BCUT2D eigenvalue weighted by Crippen LogP contribution is -2.28. The van der Waals surface area contributed by atoms with Crippen molar-refractivity contribution in [1.29, 1.82) is 0 Å². The van der Waals surface area contributed by atoms with Gasteiger partial charge in [-0.05, 0) is 31.2 Å². The second-order valence-corrected chi connectivity index (χ2v) is 5.81. The summed E-state index contributed by atoms with van der Waals surface area (Å²) in [4.78, 5) is 24.3. The molecule has 2 aromatic heterocycles. The molecule has 0 saturated carbocycles. The van der Waals surface area contributed by atoms with Gasteiger partial charge in [-0.3, -0.25) is 14.8 Å². The van der Waals surface area contributed by atoms with Gasteiger partial charge in [-0.15, -0.1) is 0 Å². The fourth-order valence-corrected chi connectivity index (χ4v) is 2.47. The molecule has 1 unspecified atom stereocenters. The second-order valence-electron chi connectivity index (χ2n) is 5.81. The van der Waals surface area contributed by atoms with E-state index >= 15 is 0 Å². The number of pyridine rings is 1. The fourth-order valence-electron chi connectivity index (χ4n) is 2.47. The monoisotopic (exact) mass is 372 g/mol. The Labute approximate surface area is 153 Å². The zero-order valence-electron chi connectivity index (χ0n) is 14.2. The number of benzene rings is 1. The van der Waals surface area contributed by atoms with Gasteiger partial charge < -0.3 is 5.32 Å². The number of halogens is 3. The average Bonchev–Trinajstić information content (AvgIpc) is 2.68. The van der Waals surface area contributed by atoms with E-state index < -0.39 is 23.7 Å². The van der Waals surface area contributed by atoms with Crippen molar-refractivity contribution in [3.05, 3.63) is 78.0 Å². The first-order valence-electron chi connectivity index (χ1n) is 8.06. The van der Waals surface area contributed by atoms with Gasteiger partial charge in [0, 0.05) is 18.0 Å². The molecule has 3 rings (SSSR count). The lowest BCUT2D eigenvalue weighted by atomic mass is 10.1. The predicted molar refractivity (Wildman–Crippen MR) is 92.6 cm³/mol. The highest BCUT2D eigenvalue weighted by Gasteiger charge is 2.30. The molecule has 1 atom stereocenters. The lowest BCUT2D eigenvalue weighted by Gasteiger charge is -2.14. The summed E-state index contributed by atoms with van der Waals surface area (Å²) < 4.78 is 38.8.